The predicted molar refractivity (Wildman–Crippen MR) is 179 cm³/mol. The van der Waals surface area contributed by atoms with Gasteiger partial charge in [0.15, 0.2) is 23.2 Å². The molecule has 0 bridgehead atoms. The molecular weight excluding hydrogens is 563 g/mol. The number of esters is 1. The molecule has 1 aliphatic carbocycles. The fourth-order valence-corrected chi connectivity index (χ4v) is 6.25. The van der Waals surface area contributed by atoms with Crippen molar-refractivity contribution in [1.82, 2.24) is 9.97 Å². The predicted octanol–water partition coefficient (Wildman–Crippen LogP) is 10.7. The Morgan fingerprint density at radius 3 is 2.07 bits per heavy atom. The van der Waals surface area contributed by atoms with Gasteiger partial charge in [0.05, 0.1) is 5.56 Å². The van der Waals surface area contributed by atoms with Gasteiger partial charge in [-0.1, -0.05) is 110 Å². The topological polar surface area (TPSA) is 69.2 Å². The van der Waals surface area contributed by atoms with Gasteiger partial charge in [-0.25, -0.2) is 19.2 Å². The number of ketones is 1. The molecule has 1 aromatic heterocycles. The van der Waals surface area contributed by atoms with Crippen LogP contribution >= 0.6 is 0 Å². The molecule has 0 N–H and O–H groups in total. The molecule has 0 radical (unpaired) electrons. The van der Waals surface area contributed by atoms with Gasteiger partial charge in [-0.2, -0.15) is 0 Å². The van der Waals surface area contributed by atoms with E-state index in [4.69, 9.17) is 4.74 Å². The van der Waals surface area contributed by atoms with Crippen molar-refractivity contribution in [2.24, 2.45) is 5.92 Å². The van der Waals surface area contributed by atoms with Crippen molar-refractivity contribution in [2.75, 3.05) is 0 Å². The maximum absolute atomic E-state index is 15.0. The van der Waals surface area contributed by atoms with E-state index in [1.807, 2.05) is 18.5 Å². The Balaban J connectivity index is 1.24. The van der Waals surface area contributed by atoms with Crippen molar-refractivity contribution in [3.63, 3.8) is 0 Å². The van der Waals surface area contributed by atoms with E-state index in [2.05, 4.69) is 23.8 Å². The Kier molecular flexibility index (Phi) is 14.2. The summed E-state index contributed by atoms with van der Waals surface area (Å²) in [5.74, 6) is -1.02. The molecule has 0 amide bonds. The molecule has 0 spiro atoms. The van der Waals surface area contributed by atoms with E-state index < -0.39 is 11.8 Å². The number of carbonyl (C=O) groups is 2. The number of Topliss-reactive ketones (excluding diaryl/α,β-unsaturated/α-hetero) is 1. The van der Waals surface area contributed by atoms with Gasteiger partial charge < -0.3 is 4.74 Å². The fraction of sp³-hybridized carbons (Fsp3) is 0.538. The second-order valence-electron chi connectivity index (χ2n) is 12.7. The summed E-state index contributed by atoms with van der Waals surface area (Å²) in [5.41, 5.74) is 3.41. The van der Waals surface area contributed by atoms with Gasteiger partial charge in [0.25, 0.3) is 0 Å². The molecule has 0 saturated heterocycles. The molecule has 1 unspecified atom stereocenters. The summed E-state index contributed by atoms with van der Waals surface area (Å²) in [6.45, 7) is 4.45. The minimum Gasteiger partial charge on any atom is -0.420 e. The van der Waals surface area contributed by atoms with Crippen molar-refractivity contribution >= 4 is 11.8 Å². The van der Waals surface area contributed by atoms with Crippen LogP contribution in [-0.2, 0) is 12.8 Å². The van der Waals surface area contributed by atoms with E-state index in [9.17, 15) is 9.59 Å². The van der Waals surface area contributed by atoms with Crippen molar-refractivity contribution in [3.8, 4) is 17.1 Å². The first-order valence-electron chi connectivity index (χ1n) is 17.5. The summed E-state index contributed by atoms with van der Waals surface area (Å²) in [6.07, 6.45) is 24.9. The maximum Gasteiger partial charge on any atom is 0.343 e. The highest BCUT2D eigenvalue weighted by molar-refractivity contribution is 6.04. The monoisotopic (exact) mass is 614 g/mol. The molecule has 0 aliphatic heterocycles. The number of hydrogen-bond donors (Lipinski definition) is 0. The number of nitrogens with zero attached hydrogens (tertiary/aromatic N) is 2. The highest BCUT2D eigenvalue weighted by atomic mass is 19.1. The van der Waals surface area contributed by atoms with Crippen molar-refractivity contribution in [2.45, 2.75) is 129 Å². The Morgan fingerprint density at radius 2 is 1.42 bits per heavy atom. The lowest BCUT2D eigenvalue weighted by molar-refractivity contribution is 0.0728. The van der Waals surface area contributed by atoms with Crippen LogP contribution in [0.15, 0.2) is 48.8 Å². The minimum absolute atomic E-state index is 0.0198. The fourth-order valence-electron chi connectivity index (χ4n) is 6.25. The van der Waals surface area contributed by atoms with Crippen LogP contribution in [0.5, 0.6) is 5.75 Å². The summed E-state index contributed by atoms with van der Waals surface area (Å²) >= 11 is 0. The molecule has 45 heavy (non-hydrogen) atoms. The van der Waals surface area contributed by atoms with Crippen LogP contribution in [0.4, 0.5) is 4.39 Å². The lowest BCUT2D eigenvalue weighted by atomic mass is 9.97. The van der Waals surface area contributed by atoms with E-state index in [0.29, 0.717) is 17.0 Å². The standard InChI is InChI=1S/C39H51FN2O3/c1-3-5-7-9-11-12-13-14-16-18-29-27-41-38(42-28-29)32-22-23-36(35(40)26-32)45-39(44)33-21-20-30-24-31(37(43)34(30)25-33)19-17-15-10-8-6-4-2/h20-23,25-28,31H,3-19,24H2,1-2H3. The first kappa shape index (κ1) is 34.5. The molecule has 5 nitrogen and oxygen atoms in total. The molecule has 1 atom stereocenters. The van der Waals surface area contributed by atoms with Crippen molar-refractivity contribution < 1.29 is 18.7 Å². The molecule has 242 valence electrons. The number of rotatable bonds is 20. The third-order valence-electron chi connectivity index (χ3n) is 9.02. The zero-order valence-electron chi connectivity index (χ0n) is 27.4. The van der Waals surface area contributed by atoms with E-state index in [1.165, 1.54) is 89.2 Å². The third kappa shape index (κ3) is 10.6. The number of aryl methyl sites for hydroxylation is 1. The van der Waals surface area contributed by atoms with Crippen LogP contribution in [0.2, 0.25) is 0 Å². The van der Waals surface area contributed by atoms with Gasteiger partial charge in [0, 0.05) is 29.4 Å². The Hall–Kier alpha value is -3.41. The lowest BCUT2D eigenvalue weighted by Gasteiger charge is -2.08. The Bertz CT molecular complexity index is 1370. The van der Waals surface area contributed by atoms with Gasteiger partial charge in [-0.15, -0.1) is 0 Å². The van der Waals surface area contributed by atoms with Gasteiger partial charge in [-0.05, 0) is 67.1 Å². The SMILES string of the molecule is CCCCCCCCCCCc1cnc(-c2ccc(OC(=O)c3ccc4c(c3)C(=O)C(CCCCCCCC)C4)c(F)c2)nc1. The zero-order valence-corrected chi connectivity index (χ0v) is 27.4. The highest BCUT2D eigenvalue weighted by Gasteiger charge is 2.31. The van der Waals surface area contributed by atoms with E-state index in [1.54, 1.807) is 18.2 Å². The summed E-state index contributed by atoms with van der Waals surface area (Å²) in [5, 5.41) is 0. The molecule has 0 fully saturated rings. The van der Waals surface area contributed by atoms with E-state index >= 15 is 4.39 Å². The Morgan fingerprint density at radius 1 is 0.800 bits per heavy atom. The second-order valence-corrected chi connectivity index (χ2v) is 12.7. The number of unbranched alkanes of at least 4 members (excludes halogenated alkanes) is 13. The Labute approximate surface area is 269 Å². The summed E-state index contributed by atoms with van der Waals surface area (Å²) < 4.78 is 20.4. The van der Waals surface area contributed by atoms with Crippen molar-refractivity contribution in [1.29, 1.82) is 0 Å². The maximum atomic E-state index is 15.0. The van der Waals surface area contributed by atoms with Crippen molar-refractivity contribution in [3.05, 3.63) is 76.9 Å². The van der Waals surface area contributed by atoms with Crippen LogP contribution in [0.25, 0.3) is 11.4 Å². The third-order valence-corrected chi connectivity index (χ3v) is 9.02. The van der Waals surface area contributed by atoms with Crippen LogP contribution in [0, 0.1) is 11.7 Å². The quantitative estimate of drug-likeness (QED) is 0.0719. The minimum atomic E-state index is -0.686. The molecule has 1 aliphatic rings. The molecular formula is C39H51FN2O3. The van der Waals surface area contributed by atoms with E-state index in [-0.39, 0.29) is 23.0 Å². The second kappa shape index (κ2) is 18.5. The van der Waals surface area contributed by atoms with Crippen LogP contribution < -0.4 is 4.74 Å². The lowest BCUT2D eigenvalue weighted by Crippen LogP contribution is -2.12. The number of benzene rings is 2. The van der Waals surface area contributed by atoms with Crippen LogP contribution in [0.3, 0.4) is 0 Å². The molecule has 0 saturated carbocycles. The number of hydrogen-bond acceptors (Lipinski definition) is 5. The van der Waals surface area contributed by atoms with Crippen LogP contribution in [0.1, 0.15) is 148 Å². The number of fused-ring (bicyclic) bond motifs is 1. The normalized spacial score (nSPS) is 14.1. The molecule has 2 aromatic carbocycles. The summed E-state index contributed by atoms with van der Waals surface area (Å²) in [4.78, 5) is 34.9. The largest absolute Gasteiger partial charge is 0.420 e. The molecule has 4 rings (SSSR count). The van der Waals surface area contributed by atoms with Gasteiger partial charge in [0.1, 0.15) is 0 Å². The highest BCUT2D eigenvalue weighted by Crippen LogP contribution is 2.32. The first-order chi connectivity index (χ1) is 22.0. The smallest absolute Gasteiger partial charge is 0.343 e. The summed E-state index contributed by atoms with van der Waals surface area (Å²) in [7, 11) is 0. The molecule has 1 heterocycles. The number of halogens is 1. The summed E-state index contributed by atoms with van der Waals surface area (Å²) in [6, 6.07) is 9.48. The average molecular weight is 615 g/mol. The average Bonchev–Trinajstić information content (AvgIpc) is 3.37. The zero-order chi connectivity index (χ0) is 31.9. The number of ether oxygens (including phenoxy) is 1. The van der Waals surface area contributed by atoms with Gasteiger partial charge in [-0.3, -0.25) is 4.79 Å². The molecule has 3 aromatic rings. The van der Waals surface area contributed by atoms with Gasteiger partial charge >= 0.3 is 5.97 Å². The number of carbonyl (C=O) groups excluding carboxylic acids is 2. The van der Waals surface area contributed by atoms with Gasteiger partial charge in [0.2, 0.25) is 0 Å². The number of aromatic nitrogens is 2. The van der Waals surface area contributed by atoms with E-state index in [0.717, 1.165) is 49.7 Å². The van der Waals surface area contributed by atoms with Crippen LogP contribution in [-0.4, -0.2) is 21.7 Å². The first-order valence-corrected chi connectivity index (χ1v) is 17.5. The molecule has 6 heteroatoms.